The highest BCUT2D eigenvalue weighted by Crippen LogP contribution is 2.32. The summed E-state index contributed by atoms with van der Waals surface area (Å²) in [6, 6.07) is 18.0. The predicted octanol–water partition coefficient (Wildman–Crippen LogP) is 5.47. The number of nitrogens with zero attached hydrogens (tertiary/aromatic N) is 2. The van der Waals surface area contributed by atoms with Gasteiger partial charge in [0.15, 0.2) is 0 Å². The SMILES string of the molecule is Cc1cccc(CN2CCC(NC(=O)c3ccccc3-c3ccc(C(F)(F)F)cc3)CC2)n1. The van der Waals surface area contributed by atoms with Gasteiger partial charge in [0.2, 0.25) is 0 Å². The molecule has 1 N–H and O–H groups in total. The van der Waals surface area contributed by atoms with Crippen molar-refractivity contribution in [3.63, 3.8) is 0 Å². The lowest BCUT2D eigenvalue weighted by atomic mass is 9.97. The van der Waals surface area contributed by atoms with Crippen LogP contribution >= 0.6 is 0 Å². The molecule has 0 unspecified atom stereocenters. The molecule has 33 heavy (non-hydrogen) atoms. The number of nitrogens with one attached hydrogen (secondary N) is 1. The third-order valence-electron chi connectivity index (χ3n) is 5.95. The number of carbonyl (C=O) groups excluding carboxylic acids is 1. The Hall–Kier alpha value is -3.19. The Bertz CT molecular complexity index is 1100. The Morgan fingerprint density at radius 2 is 1.70 bits per heavy atom. The maximum atomic E-state index is 13.0. The van der Waals surface area contributed by atoms with Crippen LogP contribution in [-0.4, -0.2) is 34.9 Å². The van der Waals surface area contributed by atoms with Gasteiger partial charge in [0.25, 0.3) is 5.91 Å². The Morgan fingerprint density at radius 1 is 1.00 bits per heavy atom. The van der Waals surface area contributed by atoms with E-state index < -0.39 is 11.7 Å². The van der Waals surface area contributed by atoms with Crippen LogP contribution in [0.3, 0.4) is 0 Å². The first-order valence-corrected chi connectivity index (χ1v) is 11.0. The van der Waals surface area contributed by atoms with Gasteiger partial charge < -0.3 is 5.32 Å². The molecule has 1 fully saturated rings. The summed E-state index contributed by atoms with van der Waals surface area (Å²) in [6.07, 6.45) is -2.72. The number of halogens is 3. The Morgan fingerprint density at radius 3 is 2.36 bits per heavy atom. The van der Waals surface area contributed by atoms with Crippen LogP contribution in [0, 0.1) is 6.92 Å². The molecule has 3 aromatic rings. The van der Waals surface area contributed by atoms with Crippen molar-refractivity contribution in [2.75, 3.05) is 13.1 Å². The Labute approximate surface area is 191 Å². The number of rotatable bonds is 5. The number of benzene rings is 2. The minimum atomic E-state index is -4.39. The minimum absolute atomic E-state index is 0.0554. The van der Waals surface area contributed by atoms with Gasteiger partial charge in [-0.15, -0.1) is 0 Å². The van der Waals surface area contributed by atoms with E-state index in [4.69, 9.17) is 0 Å². The number of hydrogen-bond acceptors (Lipinski definition) is 3. The molecule has 0 saturated carbocycles. The second-order valence-corrected chi connectivity index (χ2v) is 8.41. The molecular weight excluding hydrogens is 427 g/mol. The first kappa shape index (κ1) is 23.0. The summed E-state index contributed by atoms with van der Waals surface area (Å²) >= 11 is 0. The van der Waals surface area contributed by atoms with Gasteiger partial charge in [-0.2, -0.15) is 13.2 Å². The second kappa shape index (κ2) is 9.75. The fourth-order valence-electron chi connectivity index (χ4n) is 4.19. The van der Waals surface area contributed by atoms with Crippen molar-refractivity contribution < 1.29 is 18.0 Å². The van der Waals surface area contributed by atoms with Crippen molar-refractivity contribution >= 4 is 5.91 Å². The van der Waals surface area contributed by atoms with Crippen LogP contribution in [0.15, 0.2) is 66.7 Å². The molecule has 4 nitrogen and oxygen atoms in total. The van der Waals surface area contributed by atoms with Gasteiger partial charge in [-0.3, -0.25) is 14.7 Å². The van der Waals surface area contributed by atoms with Crippen molar-refractivity contribution in [1.82, 2.24) is 15.2 Å². The fourth-order valence-corrected chi connectivity index (χ4v) is 4.19. The highest BCUT2D eigenvalue weighted by molar-refractivity contribution is 6.01. The number of aromatic nitrogens is 1. The van der Waals surface area contributed by atoms with E-state index in [9.17, 15) is 18.0 Å². The van der Waals surface area contributed by atoms with Crippen LogP contribution in [0.5, 0.6) is 0 Å². The van der Waals surface area contributed by atoms with Gasteiger partial charge >= 0.3 is 6.18 Å². The summed E-state index contributed by atoms with van der Waals surface area (Å²) in [5.74, 6) is -0.204. The smallest absolute Gasteiger partial charge is 0.349 e. The highest BCUT2D eigenvalue weighted by Gasteiger charge is 2.30. The van der Waals surface area contributed by atoms with E-state index in [1.54, 1.807) is 24.3 Å². The topological polar surface area (TPSA) is 45.2 Å². The summed E-state index contributed by atoms with van der Waals surface area (Å²) in [6.45, 7) is 4.50. The van der Waals surface area contributed by atoms with Crippen molar-refractivity contribution in [2.45, 2.75) is 38.5 Å². The third-order valence-corrected chi connectivity index (χ3v) is 5.95. The number of piperidine rings is 1. The number of likely N-dealkylation sites (tertiary alicyclic amines) is 1. The standard InChI is InChI=1S/C26H26F3N3O/c1-18-5-4-6-22(30-18)17-32-15-13-21(14-16-32)31-25(33)24-8-3-2-7-23(24)19-9-11-20(12-10-19)26(27,28)29/h2-12,21H,13-17H2,1H3,(H,31,33). The third kappa shape index (κ3) is 5.79. The lowest BCUT2D eigenvalue weighted by Gasteiger charge is -2.32. The average Bonchev–Trinajstić information content (AvgIpc) is 2.80. The lowest BCUT2D eigenvalue weighted by Crippen LogP contribution is -2.44. The van der Waals surface area contributed by atoms with E-state index in [0.29, 0.717) is 16.7 Å². The molecule has 1 saturated heterocycles. The van der Waals surface area contributed by atoms with Crippen molar-refractivity contribution in [2.24, 2.45) is 0 Å². The van der Waals surface area contributed by atoms with Crippen molar-refractivity contribution in [1.29, 1.82) is 0 Å². The maximum absolute atomic E-state index is 13.0. The van der Waals surface area contributed by atoms with Gasteiger partial charge in [-0.25, -0.2) is 0 Å². The zero-order valence-corrected chi connectivity index (χ0v) is 18.4. The molecule has 0 radical (unpaired) electrons. The summed E-state index contributed by atoms with van der Waals surface area (Å²) in [7, 11) is 0. The zero-order valence-electron chi connectivity index (χ0n) is 18.4. The molecule has 0 spiro atoms. The molecule has 1 aliphatic rings. The summed E-state index contributed by atoms with van der Waals surface area (Å²) in [5.41, 5.74) is 3.00. The first-order valence-electron chi connectivity index (χ1n) is 11.0. The molecule has 1 aliphatic heterocycles. The molecule has 1 amide bonds. The van der Waals surface area contributed by atoms with Crippen molar-refractivity contribution in [3.8, 4) is 11.1 Å². The number of amides is 1. The molecule has 4 rings (SSSR count). The highest BCUT2D eigenvalue weighted by atomic mass is 19.4. The molecule has 1 aromatic heterocycles. The zero-order chi connectivity index (χ0) is 23.4. The number of hydrogen-bond donors (Lipinski definition) is 1. The first-order chi connectivity index (χ1) is 15.8. The average molecular weight is 454 g/mol. The molecule has 0 atom stereocenters. The quantitative estimate of drug-likeness (QED) is 0.557. The van der Waals surface area contributed by atoms with E-state index in [2.05, 4.69) is 15.2 Å². The molecule has 0 aliphatic carbocycles. The largest absolute Gasteiger partial charge is 0.416 e. The number of aryl methyl sites for hydroxylation is 1. The van der Waals surface area contributed by atoms with E-state index in [1.165, 1.54) is 12.1 Å². The van der Waals surface area contributed by atoms with Gasteiger partial charge in [-0.1, -0.05) is 36.4 Å². The second-order valence-electron chi connectivity index (χ2n) is 8.41. The summed E-state index contributed by atoms with van der Waals surface area (Å²) in [5, 5.41) is 3.11. The molecule has 0 bridgehead atoms. The Kier molecular flexibility index (Phi) is 6.79. The van der Waals surface area contributed by atoms with Crippen LogP contribution in [0.2, 0.25) is 0 Å². The van der Waals surface area contributed by atoms with Crippen LogP contribution in [0.4, 0.5) is 13.2 Å². The van der Waals surface area contributed by atoms with Gasteiger partial charge in [-0.05, 0) is 61.2 Å². The van der Waals surface area contributed by atoms with E-state index in [1.807, 2.05) is 25.1 Å². The number of pyridine rings is 1. The van der Waals surface area contributed by atoms with Gasteiger partial charge in [0.05, 0.1) is 11.3 Å². The van der Waals surface area contributed by atoms with Crippen LogP contribution in [-0.2, 0) is 12.7 Å². The van der Waals surface area contributed by atoms with Crippen LogP contribution < -0.4 is 5.32 Å². The van der Waals surface area contributed by atoms with Crippen molar-refractivity contribution in [3.05, 3.63) is 89.2 Å². The van der Waals surface area contributed by atoms with Crippen LogP contribution in [0.1, 0.15) is 40.2 Å². The monoisotopic (exact) mass is 453 g/mol. The minimum Gasteiger partial charge on any atom is -0.349 e. The lowest BCUT2D eigenvalue weighted by molar-refractivity contribution is -0.137. The van der Waals surface area contributed by atoms with Crippen LogP contribution in [0.25, 0.3) is 11.1 Å². The van der Waals surface area contributed by atoms with E-state index in [0.717, 1.165) is 56.0 Å². The fraction of sp³-hybridized carbons (Fsp3) is 0.308. The predicted molar refractivity (Wildman–Crippen MR) is 122 cm³/mol. The Balaban J connectivity index is 1.39. The number of alkyl halides is 3. The molecule has 172 valence electrons. The summed E-state index contributed by atoms with van der Waals surface area (Å²) < 4.78 is 38.7. The van der Waals surface area contributed by atoms with E-state index in [-0.39, 0.29) is 11.9 Å². The van der Waals surface area contributed by atoms with E-state index >= 15 is 0 Å². The van der Waals surface area contributed by atoms with Gasteiger partial charge in [0, 0.05) is 36.9 Å². The molecular formula is C26H26F3N3O. The molecule has 2 aromatic carbocycles. The normalized spacial score (nSPS) is 15.4. The number of carbonyl (C=O) groups is 1. The maximum Gasteiger partial charge on any atom is 0.416 e. The molecule has 7 heteroatoms. The van der Waals surface area contributed by atoms with Gasteiger partial charge in [0.1, 0.15) is 0 Å². The summed E-state index contributed by atoms with van der Waals surface area (Å²) in [4.78, 5) is 19.9. The molecule has 2 heterocycles.